The standard InChI is InChI=1S/C16H17Br2N3/c1-19-15-9-14(10-4-2-3-5-10)20-16(21-15)11-6-7-12(17)13(18)8-11/h6-10H,2-5H2,1H3,(H,19,20,21). The number of aromatic nitrogens is 2. The fourth-order valence-corrected chi connectivity index (χ4v) is 3.41. The van der Waals surface area contributed by atoms with Crippen LogP contribution < -0.4 is 5.32 Å². The molecule has 2 aromatic rings. The Balaban J connectivity index is 2.04. The molecule has 1 heterocycles. The molecule has 0 bridgehead atoms. The number of hydrogen-bond donors (Lipinski definition) is 1. The van der Waals surface area contributed by atoms with Crippen molar-refractivity contribution in [1.82, 2.24) is 9.97 Å². The summed E-state index contributed by atoms with van der Waals surface area (Å²) in [7, 11) is 1.90. The van der Waals surface area contributed by atoms with Crippen molar-refractivity contribution in [3.63, 3.8) is 0 Å². The average molecular weight is 411 g/mol. The van der Waals surface area contributed by atoms with Crippen molar-refractivity contribution in [3.8, 4) is 11.4 Å². The van der Waals surface area contributed by atoms with Crippen LogP contribution in [0.25, 0.3) is 11.4 Å². The van der Waals surface area contributed by atoms with Crippen LogP contribution in [0.2, 0.25) is 0 Å². The monoisotopic (exact) mass is 409 g/mol. The number of rotatable bonds is 3. The van der Waals surface area contributed by atoms with Crippen LogP contribution in [0, 0.1) is 0 Å². The summed E-state index contributed by atoms with van der Waals surface area (Å²) in [6.07, 6.45) is 5.10. The third-order valence-electron chi connectivity index (χ3n) is 3.95. The Labute approximate surface area is 141 Å². The third-order valence-corrected chi connectivity index (χ3v) is 5.83. The van der Waals surface area contributed by atoms with Gasteiger partial charge in [-0.3, -0.25) is 0 Å². The highest BCUT2D eigenvalue weighted by atomic mass is 79.9. The minimum absolute atomic E-state index is 0.581. The molecule has 5 heteroatoms. The van der Waals surface area contributed by atoms with Crippen molar-refractivity contribution in [1.29, 1.82) is 0 Å². The highest BCUT2D eigenvalue weighted by molar-refractivity contribution is 9.13. The molecule has 1 saturated carbocycles. The van der Waals surface area contributed by atoms with Crippen molar-refractivity contribution >= 4 is 37.7 Å². The molecule has 0 aliphatic heterocycles. The van der Waals surface area contributed by atoms with Crippen molar-refractivity contribution in [2.75, 3.05) is 12.4 Å². The molecular formula is C16H17Br2N3. The lowest BCUT2D eigenvalue weighted by molar-refractivity contribution is 0.696. The summed E-state index contributed by atoms with van der Waals surface area (Å²) in [5, 5.41) is 3.15. The first kappa shape index (κ1) is 15.0. The Morgan fingerprint density at radius 3 is 2.48 bits per heavy atom. The number of benzene rings is 1. The lowest BCUT2D eigenvalue weighted by Gasteiger charge is -2.12. The summed E-state index contributed by atoms with van der Waals surface area (Å²) in [6, 6.07) is 8.21. The van der Waals surface area contributed by atoms with E-state index >= 15 is 0 Å². The minimum atomic E-state index is 0.581. The normalized spacial score (nSPS) is 15.4. The van der Waals surface area contributed by atoms with Crippen molar-refractivity contribution < 1.29 is 0 Å². The first-order chi connectivity index (χ1) is 10.2. The quantitative estimate of drug-likeness (QED) is 0.739. The molecular weight excluding hydrogens is 394 g/mol. The molecule has 110 valence electrons. The molecule has 1 aromatic heterocycles. The highest BCUT2D eigenvalue weighted by Gasteiger charge is 2.20. The zero-order valence-electron chi connectivity index (χ0n) is 11.9. The van der Waals surface area contributed by atoms with Crippen LogP contribution in [0.15, 0.2) is 33.2 Å². The van der Waals surface area contributed by atoms with Crippen LogP contribution in [0.4, 0.5) is 5.82 Å². The van der Waals surface area contributed by atoms with E-state index in [1.807, 2.05) is 19.2 Å². The van der Waals surface area contributed by atoms with Crippen LogP contribution in [0.3, 0.4) is 0 Å². The lowest BCUT2D eigenvalue weighted by atomic mass is 10.0. The number of nitrogens with one attached hydrogen (secondary N) is 1. The van der Waals surface area contributed by atoms with Crippen LogP contribution >= 0.6 is 31.9 Å². The summed E-state index contributed by atoms with van der Waals surface area (Å²) in [6.45, 7) is 0. The Hall–Kier alpha value is -0.940. The highest BCUT2D eigenvalue weighted by Crippen LogP contribution is 2.35. The van der Waals surface area contributed by atoms with Crippen LogP contribution in [0.1, 0.15) is 37.3 Å². The Morgan fingerprint density at radius 1 is 1.05 bits per heavy atom. The molecule has 1 aliphatic rings. The van der Waals surface area contributed by atoms with E-state index in [-0.39, 0.29) is 0 Å². The van der Waals surface area contributed by atoms with Gasteiger partial charge in [-0.05, 0) is 62.9 Å². The third kappa shape index (κ3) is 3.29. The second-order valence-corrected chi connectivity index (χ2v) is 7.07. The Morgan fingerprint density at radius 2 is 1.81 bits per heavy atom. The van der Waals surface area contributed by atoms with Gasteiger partial charge >= 0.3 is 0 Å². The molecule has 1 N–H and O–H groups in total. The zero-order chi connectivity index (χ0) is 14.8. The van der Waals surface area contributed by atoms with E-state index in [4.69, 9.17) is 4.98 Å². The molecule has 0 saturated heterocycles. The maximum atomic E-state index is 4.82. The van der Waals surface area contributed by atoms with E-state index in [0.717, 1.165) is 26.2 Å². The summed E-state index contributed by atoms with van der Waals surface area (Å²) in [5.41, 5.74) is 2.20. The van der Waals surface area contributed by atoms with Gasteiger partial charge < -0.3 is 5.32 Å². The molecule has 3 rings (SSSR count). The Kier molecular flexibility index (Phi) is 4.60. The maximum absolute atomic E-state index is 4.82. The summed E-state index contributed by atoms with van der Waals surface area (Å²) in [4.78, 5) is 9.42. The maximum Gasteiger partial charge on any atom is 0.161 e. The summed E-state index contributed by atoms with van der Waals surface area (Å²) in [5.74, 6) is 2.26. The van der Waals surface area contributed by atoms with Crippen molar-refractivity contribution in [2.45, 2.75) is 31.6 Å². The molecule has 0 unspecified atom stereocenters. The fraction of sp³-hybridized carbons (Fsp3) is 0.375. The van der Waals surface area contributed by atoms with Gasteiger partial charge in [-0.1, -0.05) is 12.8 Å². The van der Waals surface area contributed by atoms with Crippen LogP contribution in [0.5, 0.6) is 0 Å². The topological polar surface area (TPSA) is 37.8 Å². The minimum Gasteiger partial charge on any atom is -0.373 e. The van der Waals surface area contributed by atoms with Crippen molar-refractivity contribution in [3.05, 3.63) is 38.9 Å². The van der Waals surface area contributed by atoms with Gasteiger partial charge in [-0.15, -0.1) is 0 Å². The molecule has 21 heavy (non-hydrogen) atoms. The SMILES string of the molecule is CNc1cc(C2CCCC2)nc(-c2ccc(Br)c(Br)c2)n1. The molecule has 0 amide bonds. The van der Waals surface area contributed by atoms with Gasteiger partial charge in [0.2, 0.25) is 0 Å². The Bertz CT molecular complexity index is 652. The van der Waals surface area contributed by atoms with E-state index in [1.54, 1.807) is 0 Å². The van der Waals surface area contributed by atoms with E-state index < -0.39 is 0 Å². The summed E-state index contributed by atoms with van der Waals surface area (Å²) < 4.78 is 2.05. The van der Waals surface area contributed by atoms with Crippen LogP contribution in [-0.4, -0.2) is 17.0 Å². The van der Waals surface area contributed by atoms with Gasteiger partial charge in [-0.25, -0.2) is 9.97 Å². The lowest BCUT2D eigenvalue weighted by Crippen LogP contribution is -2.03. The fourth-order valence-electron chi connectivity index (χ4n) is 2.79. The van der Waals surface area contributed by atoms with Gasteiger partial charge in [0, 0.05) is 39.2 Å². The number of hydrogen-bond acceptors (Lipinski definition) is 3. The summed E-state index contributed by atoms with van der Waals surface area (Å²) >= 11 is 7.04. The van der Waals surface area contributed by atoms with Crippen molar-refractivity contribution in [2.24, 2.45) is 0 Å². The molecule has 1 fully saturated rings. The molecule has 1 aromatic carbocycles. The van der Waals surface area contributed by atoms with E-state index in [0.29, 0.717) is 5.92 Å². The van der Waals surface area contributed by atoms with E-state index in [1.165, 1.54) is 31.4 Å². The van der Waals surface area contributed by atoms with Crippen LogP contribution in [-0.2, 0) is 0 Å². The number of anilines is 1. The van der Waals surface area contributed by atoms with Gasteiger partial charge in [0.15, 0.2) is 5.82 Å². The predicted octanol–water partition coefficient (Wildman–Crippen LogP) is 5.37. The first-order valence-corrected chi connectivity index (χ1v) is 8.78. The molecule has 0 atom stereocenters. The predicted molar refractivity (Wildman–Crippen MR) is 93.6 cm³/mol. The second-order valence-electron chi connectivity index (χ2n) is 5.36. The average Bonchev–Trinajstić information content (AvgIpc) is 3.04. The zero-order valence-corrected chi connectivity index (χ0v) is 15.0. The largest absolute Gasteiger partial charge is 0.373 e. The van der Waals surface area contributed by atoms with E-state index in [2.05, 4.69) is 54.3 Å². The van der Waals surface area contributed by atoms with E-state index in [9.17, 15) is 0 Å². The molecule has 0 spiro atoms. The van der Waals surface area contributed by atoms with Gasteiger partial charge in [-0.2, -0.15) is 0 Å². The molecule has 3 nitrogen and oxygen atoms in total. The number of nitrogens with zero attached hydrogens (tertiary/aromatic N) is 2. The molecule has 1 aliphatic carbocycles. The second kappa shape index (κ2) is 6.44. The van der Waals surface area contributed by atoms with Gasteiger partial charge in [0.05, 0.1) is 0 Å². The molecule has 0 radical (unpaired) electrons. The number of halogens is 2. The van der Waals surface area contributed by atoms with Gasteiger partial charge in [0.25, 0.3) is 0 Å². The van der Waals surface area contributed by atoms with Gasteiger partial charge in [0.1, 0.15) is 5.82 Å². The first-order valence-electron chi connectivity index (χ1n) is 7.19. The smallest absolute Gasteiger partial charge is 0.161 e.